The maximum atomic E-state index is 11.7. The molecule has 0 aromatic heterocycles. The molecule has 0 aromatic carbocycles. The number of ketones is 1. The van der Waals surface area contributed by atoms with E-state index in [4.69, 9.17) is 4.74 Å². The number of hydrogen-bond acceptors (Lipinski definition) is 3. The van der Waals surface area contributed by atoms with Crippen molar-refractivity contribution in [2.24, 2.45) is 5.92 Å². The molecule has 0 aromatic rings. The van der Waals surface area contributed by atoms with Gasteiger partial charge in [0.1, 0.15) is 5.78 Å². The van der Waals surface area contributed by atoms with Crippen molar-refractivity contribution in [3.63, 3.8) is 0 Å². The molecule has 14 heavy (non-hydrogen) atoms. The highest BCUT2D eigenvalue weighted by atomic mass is 16.5. The lowest BCUT2D eigenvalue weighted by Gasteiger charge is -2.33. The fourth-order valence-corrected chi connectivity index (χ4v) is 2.00. The van der Waals surface area contributed by atoms with Crippen LogP contribution in [0.3, 0.4) is 0 Å². The Labute approximate surface area is 84.8 Å². The summed E-state index contributed by atoms with van der Waals surface area (Å²) in [5.74, 6) is -0.0773. The van der Waals surface area contributed by atoms with Crippen LogP contribution in [0.25, 0.3) is 0 Å². The van der Waals surface area contributed by atoms with E-state index < -0.39 is 6.10 Å². The molecule has 0 amide bonds. The van der Waals surface area contributed by atoms with Gasteiger partial charge in [-0.1, -0.05) is 11.6 Å². The van der Waals surface area contributed by atoms with E-state index in [9.17, 15) is 9.90 Å². The SMILES string of the molecule is CC=C(C)[C@@H]1C(=O)CC[C@@H](O)[C@H]1OC. The Morgan fingerprint density at radius 2 is 2.29 bits per heavy atom. The first-order valence-electron chi connectivity index (χ1n) is 4.98. The number of carbonyl (C=O) groups is 1. The van der Waals surface area contributed by atoms with Gasteiger partial charge in [0.15, 0.2) is 0 Å². The Morgan fingerprint density at radius 1 is 1.64 bits per heavy atom. The fourth-order valence-electron chi connectivity index (χ4n) is 2.00. The molecule has 3 atom stereocenters. The predicted octanol–water partition coefficient (Wildman–Crippen LogP) is 1.31. The van der Waals surface area contributed by atoms with Crippen molar-refractivity contribution in [1.82, 2.24) is 0 Å². The minimum absolute atomic E-state index is 0.178. The fraction of sp³-hybridized carbons (Fsp3) is 0.727. The van der Waals surface area contributed by atoms with Crippen molar-refractivity contribution in [2.45, 2.75) is 38.9 Å². The predicted molar refractivity (Wildman–Crippen MR) is 54.0 cm³/mol. The van der Waals surface area contributed by atoms with E-state index in [0.717, 1.165) is 5.57 Å². The monoisotopic (exact) mass is 198 g/mol. The molecule has 0 unspecified atom stereocenters. The van der Waals surface area contributed by atoms with Crippen LogP contribution in [0.2, 0.25) is 0 Å². The number of carbonyl (C=O) groups excluding carboxylic acids is 1. The van der Waals surface area contributed by atoms with Crippen molar-refractivity contribution in [2.75, 3.05) is 7.11 Å². The Morgan fingerprint density at radius 3 is 2.79 bits per heavy atom. The Bertz CT molecular complexity index is 245. The molecule has 0 aliphatic heterocycles. The Hall–Kier alpha value is -0.670. The standard InChI is InChI=1S/C11H18O3/c1-4-7(2)10-8(12)5-6-9(13)11(10)14-3/h4,9-11,13H,5-6H2,1-3H3/t9-,10-,11-/m1/s1. The number of methoxy groups -OCH3 is 1. The molecule has 0 bridgehead atoms. The van der Waals surface area contributed by atoms with Gasteiger partial charge in [0.2, 0.25) is 0 Å². The summed E-state index contributed by atoms with van der Waals surface area (Å²) in [6.45, 7) is 3.81. The number of Topliss-reactive ketones (excluding diaryl/α,β-unsaturated/α-hetero) is 1. The highest BCUT2D eigenvalue weighted by Gasteiger charge is 2.38. The zero-order chi connectivity index (χ0) is 10.7. The average molecular weight is 198 g/mol. The number of aliphatic hydroxyl groups excluding tert-OH is 1. The smallest absolute Gasteiger partial charge is 0.142 e. The van der Waals surface area contributed by atoms with Crippen molar-refractivity contribution in [1.29, 1.82) is 0 Å². The molecule has 0 spiro atoms. The molecule has 0 heterocycles. The van der Waals surface area contributed by atoms with E-state index >= 15 is 0 Å². The second-order valence-electron chi connectivity index (χ2n) is 3.78. The maximum absolute atomic E-state index is 11.7. The summed E-state index contributed by atoms with van der Waals surface area (Å²) >= 11 is 0. The molecule has 1 N–H and O–H groups in total. The van der Waals surface area contributed by atoms with Crippen LogP contribution in [0.4, 0.5) is 0 Å². The molecule has 1 saturated carbocycles. The van der Waals surface area contributed by atoms with Gasteiger partial charge in [-0.05, 0) is 20.3 Å². The van der Waals surface area contributed by atoms with Crippen molar-refractivity contribution >= 4 is 5.78 Å². The second-order valence-corrected chi connectivity index (χ2v) is 3.78. The molecule has 80 valence electrons. The Kier molecular flexibility index (Phi) is 3.84. The molecule has 3 heteroatoms. The lowest BCUT2D eigenvalue weighted by atomic mass is 9.79. The molecule has 1 fully saturated rings. The normalized spacial score (nSPS) is 34.7. The van der Waals surface area contributed by atoms with Gasteiger partial charge in [0.25, 0.3) is 0 Å². The van der Waals surface area contributed by atoms with E-state index in [1.54, 1.807) is 7.11 Å². The summed E-state index contributed by atoms with van der Waals surface area (Å²) in [5, 5.41) is 9.70. The molecular formula is C11H18O3. The minimum atomic E-state index is -0.516. The topological polar surface area (TPSA) is 46.5 Å². The van der Waals surface area contributed by atoms with Crippen LogP contribution in [0.15, 0.2) is 11.6 Å². The summed E-state index contributed by atoms with van der Waals surface area (Å²) in [4.78, 5) is 11.7. The van der Waals surface area contributed by atoms with E-state index in [1.807, 2.05) is 19.9 Å². The van der Waals surface area contributed by atoms with Crippen molar-refractivity contribution < 1.29 is 14.6 Å². The highest BCUT2D eigenvalue weighted by Crippen LogP contribution is 2.29. The third-order valence-electron chi connectivity index (χ3n) is 2.96. The molecule has 0 radical (unpaired) electrons. The van der Waals surface area contributed by atoms with Crippen molar-refractivity contribution in [3.05, 3.63) is 11.6 Å². The molecule has 3 nitrogen and oxygen atoms in total. The van der Waals surface area contributed by atoms with Crippen LogP contribution in [0.5, 0.6) is 0 Å². The van der Waals surface area contributed by atoms with Gasteiger partial charge in [-0.2, -0.15) is 0 Å². The first-order chi connectivity index (χ1) is 6.61. The van der Waals surface area contributed by atoms with Crippen LogP contribution in [0, 0.1) is 5.92 Å². The molecule has 1 rings (SSSR count). The largest absolute Gasteiger partial charge is 0.390 e. The van der Waals surface area contributed by atoms with Gasteiger partial charge in [0, 0.05) is 13.5 Å². The van der Waals surface area contributed by atoms with Crippen LogP contribution >= 0.6 is 0 Å². The van der Waals surface area contributed by atoms with Gasteiger partial charge in [-0.15, -0.1) is 0 Å². The first-order valence-corrected chi connectivity index (χ1v) is 4.98. The summed E-state index contributed by atoms with van der Waals surface area (Å²) < 4.78 is 5.20. The molecule has 1 aliphatic rings. The lowest BCUT2D eigenvalue weighted by Crippen LogP contribution is -2.44. The van der Waals surface area contributed by atoms with Gasteiger partial charge in [-0.3, -0.25) is 4.79 Å². The quantitative estimate of drug-likeness (QED) is 0.680. The van der Waals surface area contributed by atoms with Crippen LogP contribution in [-0.2, 0) is 9.53 Å². The van der Waals surface area contributed by atoms with E-state index in [1.165, 1.54) is 0 Å². The number of allylic oxidation sites excluding steroid dienone is 1. The first kappa shape index (κ1) is 11.4. The van der Waals surface area contributed by atoms with Gasteiger partial charge in [-0.25, -0.2) is 0 Å². The van der Waals surface area contributed by atoms with E-state index in [2.05, 4.69) is 0 Å². The van der Waals surface area contributed by atoms with Crippen LogP contribution in [-0.4, -0.2) is 30.2 Å². The summed E-state index contributed by atoms with van der Waals surface area (Å²) in [5.41, 5.74) is 0.987. The second kappa shape index (κ2) is 4.71. The average Bonchev–Trinajstić information content (AvgIpc) is 2.19. The zero-order valence-electron chi connectivity index (χ0n) is 8.99. The third kappa shape index (κ3) is 2.04. The number of hydrogen-bond donors (Lipinski definition) is 1. The van der Waals surface area contributed by atoms with Crippen LogP contribution in [0.1, 0.15) is 26.7 Å². The van der Waals surface area contributed by atoms with Gasteiger partial charge < -0.3 is 9.84 Å². The zero-order valence-corrected chi connectivity index (χ0v) is 8.99. The summed E-state index contributed by atoms with van der Waals surface area (Å²) in [7, 11) is 1.54. The van der Waals surface area contributed by atoms with Crippen molar-refractivity contribution in [3.8, 4) is 0 Å². The molecule has 1 aliphatic carbocycles. The van der Waals surface area contributed by atoms with Gasteiger partial charge >= 0.3 is 0 Å². The highest BCUT2D eigenvalue weighted by molar-refractivity contribution is 5.85. The third-order valence-corrected chi connectivity index (χ3v) is 2.96. The Balaban J connectivity index is 2.89. The summed E-state index contributed by atoms with van der Waals surface area (Å²) in [6.07, 6.45) is 2.00. The number of rotatable bonds is 2. The minimum Gasteiger partial charge on any atom is -0.390 e. The molecule has 0 saturated heterocycles. The van der Waals surface area contributed by atoms with Crippen LogP contribution < -0.4 is 0 Å². The summed E-state index contributed by atoms with van der Waals surface area (Å²) in [6, 6.07) is 0. The number of ether oxygens (including phenoxy) is 1. The number of aliphatic hydroxyl groups is 1. The van der Waals surface area contributed by atoms with Gasteiger partial charge in [0.05, 0.1) is 18.1 Å². The van der Waals surface area contributed by atoms with E-state index in [-0.39, 0.29) is 17.8 Å². The maximum Gasteiger partial charge on any atom is 0.142 e. The van der Waals surface area contributed by atoms with E-state index in [0.29, 0.717) is 12.8 Å². The lowest BCUT2D eigenvalue weighted by molar-refractivity contribution is -0.136. The molecular weight excluding hydrogens is 180 g/mol.